The fraction of sp³-hybridized carbons (Fsp3) is 0. The minimum atomic E-state index is 0.691. The average molecular weight is 836 g/mol. The zero-order valence-electron chi connectivity index (χ0n) is 35.3. The lowest BCUT2D eigenvalue weighted by Crippen LogP contribution is -2.10. The lowest BCUT2D eigenvalue weighted by molar-refractivity contribution is 0.512. The van der Waals surface area contributed by atoms with Crippen LogP contribution in [0.15, 0.2) is 241 Å². The molecule has 1 aliphatic rings. The number of nitrogens with zero attached hydrogens (tertiary/aromatic N) is 1. The smallest absolute Gasteiger partial charge is 0.158 e. The summed E-state index contributed by atoms with van der Waals surface area (Å²) in [7, 11) is 0. The van der Waals surface area contributed by atoms with Gasteiger partial charge in [0, 0.05) is 55.3 Å². The summed E-state index contributed by atoms with van der Waals surface area (Å²) in [5, 5.41) is 12.2. The molecule has 11 aromatic rings. The van der Waals surface area contributed by atoms with Crippen LogP contribution in [0.2, 0.25) is 0 Å². The minimum Gasteiger partial charge on any atom is -0.456 e. The quantitative estimate of drug-likeness (QED) is 0.160. The summed E-state index contributed by atoms with van der Waals surface area (Å²) in [6, 6.07) is 73.9. The fourth-order valence-corrected chi connectivity index (χ4v) is 9.25. The molecule has 308 valence electrons. The third kappa shape index (κ3) is 6.83. The van der Waals surface area contributed by atoms with Gasteiger partial charge in [0.25, 0.3) is 0 Å². The molecule has 65 heavy (non-hydrogen) atoms. The molecule has 0 fully saturated rings. The maximum Gasteiger partial charge on any atom is 0.158 e. The molecule has 3 heterocycles. The normalized spacial score (nSPS) is 14.2. The molecule has 12 rings (SSSR count). The van der Waals surface area contributed by atoms with E-state index in [0.29, 0.717) is 11.5 Å². The van der Waals surface area contributed by atoms with Crippen molar-refractivity contribution < 1.29 is 9.15 Å². The van der Waals surface area contributed by atoms with Crippen LogP contribution < -0.4 is 15.4 Å². The summed E-state index contributed by atoms with van der Waals surface area (Å²) in [5.41, 5.74) is 15.6. The molecule has 2 N–H and O–H groups in total. The van der Waals surface area contributed by atoms with Gasteiger partial charge < -0.3 is 24.4 Å². The number of fused-ring (bicyclic) bond motifs is 7. The van der Waals surface area contributed by atoms with Crippen molar-refractivity contribution in [2.45, 2.75) is 0 Å². The number of benzene rings is 9. The molecule has 0 aliphatic carbocycles. The van der Waals surface area contributed by atoms with Crippen LogP contribution in [0.5, 0.6) is 5.75 Å². The van der Waals surface area contributed by atoms with Crippen LogP contribution in [0.1, 0.15) is 11.1 Å². The molecule has 0 saturated heterocycles. The van der Waals surface area contributed by atoms with Gasteiger partial charge >= 0.3 is 0 Å². The number of para-hydroxylation sites is 3. The number of furan rings is 1. The number of hydrogen-bond acceptors (Lipinski definition) is 4. The Morgan fingerprint density at radius 2 is 1.09 bits per heavy atom. The van der Waals surface area contributed by atoms with E-state index in [1.165, 1.54) is 10.8 Å². The van der Waals surface area contributed by atoms with Crippen LogP contribution in [0.25, 0.3) is 83.0 Å². The number of nitrogens with one attached hydrogen (secondary N) is 2. The lowest BCUT2D eigenvalue weighted by atomic mass is 9.94. The first-order valence-corrected chi connectivity index (χ1v) is 21.8. The van der Waals surface area contributed by atoms with E-state index in [9.17, 15) is 0 Å². The highest BCUT2D eigenvalue weighted by atomic mass is 16.5. The standard InChI is InChI=1S/C60H41N3O2/c1-39-28-32-53(62-44-21-15-20-42(36-44)43-29-35-57-51(37-43)49-25-12-14-27-56(49)64-57)59(41-18-7-3-8-19-41)65-60-47(39)31-33-52(58(60)40-16-5-2-6-17-40)61-45-30-34-55-50(38-45)48-24-11-13-26-54(48)63(55)46-22-9-4-10-23-46/h2-38,61-62H,1H2/b32-28-,59-53+. The van der Waals surface area contributed by atoms with Crippen LogP contribution in [-0.2, 0) is 0 Å². The summed E-state index contributed by atoms with van der Waals surface area (Å²) in [5.74, 6) is 1.40. The highest BCUT2D eigenvalue weighted by Crippen LogP contribution is 2.47. The number of allylic oxidation sites excluding steroid dienone is 3. The van der Waals surface area contributed by atoms with Crippen LogP contribution in [0.3, 0.4) is 0 Å². The SMILES string of the molecule is C=C1/C=C\C(Nc2cccc(-c3ccc4oc5ccccc5c4c3)c2)=C(\c2ccccc2)Oc2c1ccc(Nc1ccc3c(c1)c1ccccc1n3-c1ccccc1)c2-c1ccccc1. The van der Waals surface area contributed by atoms with Crippen molar-refractivity contribution >= 4 is 72.1 Å². The number of anilines is 3. The second-order valence-corrected chi connectivity index (χ2v) is 16.4. The lowest BCUT2D eigenvalue weighted by Gasteiger charge is -2.25. The molecule has 0 amide bonds. The van der Waals surface area contributed by atoms with Crippen molar-refractivity contribution in [3.05, 3.63) is 248 Å². The van der Waals surface area contributed by atoms with Crippen LogP contribution in [0, 0.1) is 0 Å². The van der Waals surface area contributed by atoms with E-state index in [1.807, 2.05) is 36.4 Å². The Balaban J connectivity index is 0.970. The second kappa shape index (κ2) is 15.8. The topological polar surface area (TPSA) is 51.4 Å². The first-order valence-electron chi connectivity index (χ1n) is 21.8. The highest BCUT2D eigenvalue weighted by molar-refractivity contribution is 6.11. The number of rotatable bonds is 8. The van der Waals surface area contributed by atoms with Crippen molar-refractivity contribution in [1.29, 1.82) is 0 Å². The monoisotopic (exact) mass is 835 g/mol. The maximum absolute atomic E-state index is 7.37. The van der Waals surface area contributed by atoms with Gasteiger partial charge in [0.05, 0.1) is 22.4 Å². The second-order valence-electron chi connectivity index (χ2n) is 16.4. The molecule has 5 heteroatoms. The predicted molar refractivity (Wildman–Crippen MR) is 271 cm³/mol. The fourth-order valence-electron chi connectivity index (χ4n) is 9.25. The summed E-state index contributed by atoms with van der Waals surface area (Å²) in [4.78, 5) is 0. The average Bonchev–Trinajstić information content (AvgIpc) is 3.90. The van der Waals surface area contributed by atoms with Gasteiger partial charge in [-0.2, -0.15) is 0 Å². The van der Waals surface area contributed by atoms with Crippen molar-refractivity contribution in [2.75, 3.05) is 10.6 Å². The van der Waals surface area contributed by atoms with Gasteiger partial charge in [-0.3, -0.25) is 0 Å². The first-order chi connectivity index (χ1) is 32.1. The zero-order valence-corrected chi connectivity index (χ0v) is 35.3. The van der Waals surface area contributed by atoms with Crippen molar-refractivity contribution in [3.8, 4) is 33.7 Å². The molecular weight excluding hydrogens is 795 g/mol. The van der Waals surface area contributed by atoms with Gasteiger partial charge in [-0.05, 0) is 107 Å². The van der Waals surface area contributed by atoms with Crippen LogP contribution in [-0.4, -0.2) is 4.57 Å². The molecule has 1 aliphatic heterocycles. The summed E-state index contributed by atoms with van der Waals surface area (Å²) in [6.45, 7) is 4.58. The Kier molecular flexibility index (Phi) is 9.24. The van der Waals surface area contributed by atoms with E-state index in [1.54, 1.807) is 0 Å². The Bertz CT molecular complexity index is 3690. The largest absolute Gasteiger partial charge is 0.456 e. The van der Waals surface area contributed by atoms with Crippen LogP contribution in [0.4, 0.5) is 17.1 Å². The molecule has 0 bridgehead atoms. The Morgan fingerprint density at radius 1 is 0.431 bits per heavy atom. The van der Waals surface area contributed by atoms with Crippen molar-refractivity contribution in [2.24, 2.45) is 0 Å². The van der Waals surface area contributed by atoms with E-state index in [4.69, 9.17) is 9.15 Å². The molecule has 0 radical (unpaired) electrons. The number of aromatic nitrogens is 1. The predicted octanol–water partition coefficient (Wildman–Crippen LogP) is 16.2. The Morgan fingerprint density at radius 3 is 1.92 bits per heavy atom. The summed E-state index contributed by atoms with van der Waals surface area (Å²) in [6.07, 6.45) is 4.14. The molecule has 0 saturated carbocycles. The highest BCUT2D eigenvalue weighted by Gasteiger charge is 2.24. The van der Waals surface area contributed by atoms with Gasteiger partial charge in [0.1, 0.15) is 16.9 Å². The Labute approximate surface area is 376 Å². The maximum atomic E-state index is 7.37. The molecular formula is C60H41N3O2. The van der Waals surface area contributed by atoms with E-state index < -0.39 is 0 Å². The first kappa shape index (κ1) is 37.9. The third-order valence-electron chi connectivity index (χ3n) is 12.3. The van der Waals surface area contributed by atoms with E-state index in [0.717, 1.165) is 100 Å². The number of hydrogen-bond donors (Lipinski definition) is 2. The van der Waals surface area contributed by atoms with Gasteiger partial charge in [0.15, 0.2) is 5.76 Å². The van der Waals surface area contributed by atoms with Crippen molar-refractivity contribution in [3.63, 3.8) is 0 Å². The van der Waals surface area contributed by atoms with Gasteiger partial charge in [-0.1, -0.05) is 146 Å². The van der Waals surface area contributed by atoms with E-state index in [-0.39, 0.29) is 0 Å². The molecule has 0 spiro atoms. The van der Waals surface area contributed by atoms with Gasteiger partial charge in [-0.15, -0.1) is 0 Å². The molecule has 5 nitrogen and oxygen atoms in total. The summed E-state index contributed by atoms with van der Waals surface area (Å²) >= 11 is 0. The molecule has 2 aromatic heterocycles. The molecule has 9 aromatic carbocycles. The van der Waals surface area contributed by atoms with Crippen molar-refractivity contribution in [1.82, 2.24) is 4.57 Å². The Hall–Kier alpha value is -8.80. The van der Waals surface area contributed by atoms with E-state index >= 15 is 0 Å². The third-order valence-corrected chi connectivity index (χ3v) is 12.3. The minimum absolute atomic E-state index is 0.691. The van der Waals surface area contributed by atoms with Gasteiger partial charge in [-0.25, -0.2) is 0 Å². The number of ether oxygens (including phenoxy) is 1. The zero-order chi connectivity index (χ0) is 43.3. The van der Waals surface area contributed by atoms with Gasteiger partial charge in [0.2, 0.25) is 0 Å². The van der Waals surface area contributed by atoms with E-state index in [2.05, 4.69) is 210 Å². The van der Waals surface area contributed by atoms with Crippen LogP contribution >= 0.6 is 0 Å². The summed E-state index contributed by atoms with van der Waals surface area (Å²) < 4.78 is 15.8. The molecule has 0 unspecified atom stereocenters. The molecule has 0 atom stereocenters.